The van der Waals surface area contributed by atoms with E-state index < -0.39 is 0 Å². The Labute approximate surface area is 61.0 Å². The van der Waals surface area contributed by atoms with E-state index >= 15 is 0 Å². The molecule has 1 unspecified atom stereocenters. The van der Waals surface area contributed by atoms with Gasteiger partial charge in [-0.15, -0.1) is 0 Å². The van der Waals surface area contributed by atoms with Gasteiger partial charge in [-0.05, 0) is 6.92 Å². The van der Waals surface area contributed by atoms with Crippen molar-refractivity contribution in [2.24, 2.45) is 5.92 Å². The molecular weight excluding hydrogens is 122 g/mol. The standard InChI is InChI=1S/C9H9N/c1-8-5-3-2-4-6-9(8)7-10/h2-6,9H,1H3. The highest BCUT2D eigenvalue weighted by atomic mass is 14.3. The Kier molecular flexibility index (Phi) is 2.07. The second-order valence-corrected chi connectivity index (χ2v) is 2.29. The Morgan fingerprint density at radius 3 is 2.90 bits per heavy atom. The minimum absolute atomic E-state index is 0.0324. The van der Waals surface area contributed by atoms with E-state index in [1.807, 2.05) is 37.3 Å². The van der Waals surface area contributed by atoms with Gasteiger partial charge in [0.25, 0.3) is 0 Å². The highest BCUT2D eigenvalue weighted by molar-refractivity contribution is 5.29. The van der Waals surface area contributed by atoms with E-state index in [1.54, 1.807) is 0 Å². The zero-order valence-electron chi connectivity index (χ0n) is 5.91. The molecule has 1 atom stereocenters. The SMILES string of the molecule is CC1=CC=CC=CC1C#N. The molecule has 0 N–H and O–H groups in total. The van der Waals surface area contributed by atoms with Gasteiger partial charge in [0, 0.05) is 0 Å². The molecule has 1 aliphatic rings. The summed E-state index contributed by atoms with van der Waals surface area (Å²) in [4.78, 5) is 0. The van der Waals surface area contributed by atoms with Crippen LogP contribution in [0.5, 0.6) is 0 Å². The highest BCUT2D eigenvalue weighted by Crippen LogP contribution is 2.13. The van der Waals surface area contributed by atoms with E-state index in [0.717, 1.165) is 5.57 Å². The normalized spacial score (nSPS) is 23.2. The number of nitrogens with zero attached hydrogens (tertiary/aromatic N) is 1. The summed E-state index contributed by atoms with van der Waals surface area (Å²) in [5.74, 6) is -0.0324. The molecular formula is C9H9N. The summed E-state index contributed by atoms with van der Waals surface area (Å²) in [5.41, 5.74) is 1.10. The van der Waals surface area contributed by atoms with E-state index in [0.29, 0.717) is 0 Å². The molecule has 1 heteroatoms. The maximum Gasteiger partial charge on any atom is 0.0857 e. The lowest BCUT2D eigenvalue weighted by atomic mass is 10.0. The Hall–Kier alpha value is -1.29. The van der Waals surface area contributed by atoms with Crippen molar-refractivity contribution >= 4 is 0 Å². The first-order valence-corrected chi connectivity index (χ1v) is 3.26. The van der Waals surface area contributed by atoms with Crippen molar-refractivity contribution in [1.82, 2.24) is 0 Å². The molecule has 10 heavy (non-hydrogen) atoms. The summed E-state index contributed by atoms with van der Waals surface area (Å²) in [5, 5.41) is 8.62. The van der Waals surface area contributed by atoms with E-state index in [4.69, 9.17) is 5.26 Å². The largest absolute Gasteiger partial charge is 0.197 e. The van der Waals surface area contributed by atoms with Crippen LogP contribution in [0.15, 0.2) is 36.0 Å². The van der Waals surface area contributed by atoms with Crippen LogP contribution in [0.1, 0.15) is 6.92 Å². The number of hydrogen-bond donors (Lipinski definition) is 0. The first-order valence-electron chi connectivity index (χ1n) is 3.26. The predicted molar refractivity (Wildman–Crippen MR) is 41.1 cm³/mol. The quantitative estimate of drug-likeness (QED) is 0.494. The highest BCUT2D eigenvalue weighted by Gasteiger charge is 2.03. The molecule has 1 nitrogen and oxygen atoms in total. The number of rotatable bonds is 0. The molecule has 0 aromatic rings. The van der Waals surface area contributed by atoms with Crippen LogP contribution >= 0.6 is 0 Å². The van der Waals surface area contributed by atoms with Gasteiger partial charge in [0.2, 0.25) is 0 Å². The van der Waals surface area contributed by atoms with Crippen molar-refractivity contribution < 1.29 is 0 Å². The second-order valence-electron chi connectivity index (χ2n) is 2.29. The molecule has 0 spiro atoms. The summed E-state index contributed by atoms with van der Waals surface area (Å²) >= 11 is 0. The molecule has 0 aromatic carbocycles. The van der Waals surface area contributed by atoms with Crippen LogP contribution in [-0.2, 0) is 0 Å². The Balaban J connectivity index is 2.88. The Morgan fingerprint density at radius 2 is 2.20 bits per heavy atom. The third-order valence-electron chi connectivity index (χ3n) is 1.51. The summed E-state index contributed by atoms with van der Waals surface area (Å²) < 4.78 is 0. The van der Waals surface area contributed by atoms with Gasteiger partial charge in [0.1, 0.15) is 0 Å². The zero-order chi connectivity index (χ0) is 7.40. The minimum Gasteiger partial charge on any atom is -0.197 e. The molecule has 0 bridgehead atoms. The van der Waals surface area contributed by atoms with Crippen LogP contribution in [0.25, 0.3) is 0 Å². The van der Waals surface area contributed by atoms with Crippen molar-refractivity contribution in [3.63, 3.8) is 0 Å². The second kappa shape index (κ2) is 3.03. The fourth-order valence-electron chi connectivity index (χ4n) is 0.847. The van der Waals surface area contributed by atoms with Crippen LogP contribution < -0.4 is 0 Å². The van der Waals surface area contributed by atoms with E-state index in [9.17, 15) is 0 Å². The number of hydrogen-bond acceptors (Lipinski definition) is 1. The summed E-state index contributed by atoms with van der Waals surface area (Å²) in [6.07, 6.45) is 9.65. The molecule has 0 saturated heterocycles. The lowest BCUT2D eigenvalue weighted by molar-refractivity contribution is 0.985. The van der Waals surface area contributed by atoms with E-state index in [2.05, 4.69) is 6.07 Å². The van der Waals surface area contributed by atoms with E-state index in [-0.39, 0.29) is 5.92 Å². The first-order chi connectivity index (χ1) is 4.84. The smallest absolute Gasteiger partial charge is 0.0857 e. The van der Waals surface area contributed by atoms with Gasteiger partial charge in [0.15, 0.2) is 0 Å². The molecule has 0 saturated carbocycles. The third kappa shape index (κ3) is 1.35. The van der Waals surface area contributed by atoms with Crippen molar-refractivity contribution in [3.05, 3.63) is 36.0 Å². The molecule has 0 aliphatic heterocycles. The van der Waals surface area contributed by atoms with Crippen LogP contribution in [0.2, 0.25) is 0 Å². The van der Waals surface area contributed by atoms with Gasteiger partial charge < -0.3 is 0 Å². The van der Waals surface area contributed by atoms with Crippen LogP contribution in [0.3, 0.4) is 0 Å². The fourth-order valence-corrected chi connectivity index (χ4v) is 0.847. The summed E-state index contributed by atoms with van der Waals surface area (Å²) in [7, 11) is 0. The summed E-state index contributed by atoms with van der Waals surface area (Å²) in [6.45, 7) is 1.97. The average molecular weight is 131 g/mol. The molecule has 0 aromatic heterocycles. The molecule has 1 rings (SSSR count). The average Bonchev–Trinajstić information content (AvgIpc) is 2.13. The lowest BCUT2D eigenvalue weighted by Gasteiger charge is -1.99. The van der Waals surface area contributed by atoms with Crippen molar-refractivity contribution in [1.29, 1.82) is 5.26 Å². The third-order valence-corrected chi connectivity index (χ3v) is 1.51. The number of nitriles is 1. The topological polar surface area (TPSA) is 23.8 Å². The molecule has 0 heterocycles. The van der Waals surface area contributed by atoms with Gasteiger partial charge in [0.05, 0.1) is 12.0 Å². The minimum atomic E-state index is -0.0324. The van der Waals surface area contributed by atoms with E-state index in [1.165, 1.54) is 0 Å². The van der Waals surface area contributed by atoms with Gasteiger partial charge in [-0.1, -0.05) is 36.0 Å². The lowest BCUT2D eigenvalue weighted by Crippen LogP contribution is -1.91. The van der Waals surface area contributed by atoms with Crippen LogP contribution in [0.4, 0.5) is 0 Å². The van der Waals surface area contributed by atoms with Gasteiger partial charge in [-0.25, -0.2) is 0 Å². The molecule has 0 radical (unpaired) electrons. The summed E-state index contributed by atoms with van der Waals surface area (Å²) in [6, 6.07) is 2.20. The predicted octanol–water partition coefficient (Wildman–Crippen LogP) is 2.20. The fraction of sp³-hybridized carbons (Fsp3) is 0.222. The van der Waals surface area contributed by atoms with Gasteiger partial charge in [-0.2, -0.15) is 5.26 Å². The van der Waals surface area contributed by atoms with Gasteiger partial charge >= 0.3 is 0 Å². The zero-order valence-corrected chi connectivity index (χ0v) is 5.91. The first kappa shape index (κ1) is 6.82. The van der Waals surface area contributed by atoms with Crippen molar-refractivity contribution in [2.45, 2.75) is 6.92 Å². The molecule has 1 aliphatic carbocycles. The Bertz CT molecular complexity index is 238. The Morgan fingerprint density at radius 1 is 1.40 bits per heavy atom. The molecule has 0 amide bonds. The van der Waals surface area contributed by atoms with Crippen LogP contribution in [0, 0.1) is 17.2 Å². The monoisotopic (exact) mass is 131 g/mol. The number of allylic oxidation sites excluding steroid dienone is 6. The van der Waals surface area contributed by atoms with Gasteiger partial charge in [-0.3, -0.25) is 0 Å². The van der Waals surface area contributed by atoms with Crippen molar-refractivity contribution in [3.8, 4) is 6.07 Å². The van der Waals surface area contributed by atoms with Crippen molar-refractivity contribution in [2.75, 3.05) is 0 Å². The van der Waals surface area contributed by atoms with Crippen LogP contribution in [-0.4, -0.2) is 0 Å². The maximum atomic E-state index is 8.62. The maximum absolute atomic E-state index is 8.62. The molecule has 50 valence electrons. The molecule has 0 fully saturated rings.